The van der Waals surface area contributed by atoms with Gasteiger partial charge in [-0.2, -0.15) is 8.42 Å². The van der Waals surface area contributed by atoms with Crippen LogP contribution in [0.5, 0.6) is 5.75 Å². The SMILES string of the molecule is Cc1ccc(S(=O)(=O)Oc2ccc(C(N)=O)cc2)cc1. The van der Waals surface area contributed by atoms with Crippen molar-refractivity contribution in [2.24, 2.45) is 5.73 Å². The maximum atomic E-state index is 12.0. The molecule has 1 amide bonds. The molecule has 6 heteroatoms. The Balaban J connectivity index is 2.24. The van der Waals surface area contributed by atoms with Crippen LogP contribution in [0.25, 0.3) is 0 Å². The maximum Gasteiger partial charge on any atom is 0.339 e. The molecule has 0 aliphatic rings. The molecule has 0 aliphatic heterocycles. The second-order valence-electron chi connectivity index (χ2n) is 4.24. The van der Waals surface area contributed by atoms with Crippen LogP contribution in [0, 0.1) is 6.92 Å². The van der Waals surface area contributed by atoms with E-state index in [1.165, 1.54) is 36.4 Å². The van der Waals surface area contributed by atoms with Crippen molar-refractivity contribution in [1.82, 2.24) is 0 Å². The Bertz CT molecular complexity index is 719. The minimum atomic E-state index is -3.88. The van der Waals surface area contributed by atoms with Crippen LogP contribution in [0.1, 0.15) is 15.9 Å². The van der Waals surface area contributed by atoms with Crippen LogP contribution in [0.15, 0.2) is 53.4 Å². The fourth-order valence-corrected chi connectivity index (χ4v) is 2.48. The zero-order chi connectivity index (χ0) is 14.8. The Morgan fingerprint density at radius 3 is 2.05 bits per heavy atom. The van der Waals surface area contributed by atoms with Gasteiger partial charge in [0.05, 0.1) is 0 Å². The van der Waals surface area contributed by atoms with Gasteiger partial charge in [0.2, 0.25) is 5.91 Å². The van der Waals surface area contributed by atoms with Crippen molar-refractivity contribution in [3.63, 3.8) is 0 Å². The van der Waals surface area contributed by atoms with Gasteiger partial charge in [-0.1, -0.05) is 17.7 Å². The van der Waals surface area contributed by atoms with Crippen molar-refractivity contribution in [2.75, 3.05) is 0 Å². The number of hydrogen-bond donors (Lipinski definition) is 1. The first-order chi connectivity index (χ1) is 9.38. The summed E-state index contributed by atoms with van der Waals surface area (Å²) in [5.41, 5.74) is 6.33. The van der Waals surface area contributed by atoms with E-state index in [1.807, 2.05) is 6.92 Å². The Kier molecular flexibility index (Phi) is 3.76. The van der Waals surface area contributed by atoms with Crippen LogP contribution in [0.2, 0.25) is 0 Å². The molecule has 0 spiro atoms. The maximum absolute atomic E-state index is 12.0. The van der Waals surface area contributed by atoms with Gasteiger partial charge in [-0.25, -0.2) is 0 Å². The number of carbonyl (C=O) groups excluding carboxylic acids is 1. The quantitative estimate of drug-likeness (QED) is 0.871. The molecule has 0 saturated heterocycles. The summed E-state index contributed by atoms with van der Waals surface area (Å²) >= 11 is 0. The third kappa shape index (κ3) is 3.16. The Labute approximate surface area is 117 Å². The highest BCUT2D eigenvalue weighted by molar-refractivity contribution is 7.87. The number of amides is 1. The molecule has 5 nitrogen and oxygen atoms in total. The number of primary amides is 1. The van der Waals surface area contributed by atoms with E-state index in [4.69, 9.17) is 9.92 Å². The molecule has 2 N–H and O–H groups in total. The topological polar surface area (TPSA) is 86.5 Å². The highest BCUT2D eigenvalue weighted by Gasteiger charge is 2.16. The molecule has 104 valence electrons. The van der Waals surface area contributed by atoms with Gasteiger partial charge in [0, 0.05) is 5.56 Å². The van der Waals surface area contributed by atoms with Gasteiger partial charge >= 0.3 is 10.1 Å². The Morgan fingerprint density at radius 1 is 1.00 bits per heavy atom. The molecule has 2 aromatic carbocycles. The molecule has 0 aliphatic carbocycles. The second kappa shape index (κ2) is 5.34. The van der Waals surface area contributed by atoms with Gasteiger partial charge in [0.1, 0.15) is 10.6 Å². The van der Waals surface area contributed by atoms with E-state index in [0.29, 0.717) is 0 Å². The standard InChI is InChI=1S/C14H13NO4S/c1-10-2-8-13(9-3-10)20(17,18)19-12-6-4-11(5-7-12)14(15)16/h2-9H,1H3,(H2,15,16). The summed E-state index contributed by atoms with van der Waals surface area (Å²) < 4.78 is 29.0. The van der Waals surface area contributed by atoms with Crippen LogP contribution >= 0.6 is 0 Å². The number of nitrogens with two attached hydrogens (primary N) is 1. The number of rotatable bonds is 4. The largest absolute Gasteiger partial charge is 0.379 e. The fraction of sp³-hybridized carbons (Fsp3) is 0.0714. The summed E-state index contributed by atoms with van der Waals surface area (Å²) in [6, 6.07) is 11.9. The van der Waals surface area contributed by atoms with Crippen molar-refractivity contribution < 1.29 is 17.4 Å². The van der Waals surface area contributed by atoms with Gasteiger partial charge in [0.25, 0.3) is 0 Å². The minimum absolute atomic E-state index is 0.0714. The average molecular weight is 291 g/mol. The third-order valence-corrected chi connectivity index (χ3v) is 3.92. The average Bonchev–Trinajstić information content (AvgIpc) is 2.39. The Morgan fingerprint density at radius 2 is 1.55 bits per heavy atom. The molecule has 0 unspecified atom stereocenters. The number of hydrogen-bond acceptors (Lipinski definition) is 4. The van der Waals surface area contributed by atoms with E-state index >= 15 is 0 Å². The van der Waals surface area contributed by atoms with E-state index in [-0.39, 0.29) is 16.2 Å². The summed E-state index contributed by atoms with van der Waals surface area (Å²) in [5, 5.41) is 0. The summed E-state index contributed by atoms with van der Waals surface area (Å²) in [6.07, 6.45) is 0. The van der Waals surface area contributed by atoms with Gasteiger partial charge < -0.3 is 9.92 Å². The van der Waals surface area contributed by atoms with Crippen molar-refractivity contribution in [3.05, 3.63) is 59.7 Å². The Hall–Kier alpha value is -2.34. The first kappa shape index (κ1) is 14.1. The normalized spacial score (nSPS) is 11.1. The number of carbonyl (C=O) groups is 1. The van der Waals surface area contributed by atoms with E-state index in [0.717, 1.165) is 5.56 Å². The van der Waals surface area contributed by atoms with Gasteiger partial charge in [-0.05, 0) is 43.3 Å². The smallest absolute Gasteiger partial charge is 0.339 e. The lowest BCUT2D eigenvalue weighted by Crippen LogP contribution is -2.12. The van der Waals surface area contributed by atoms with Crippen molar-refractivity contribution in [2.45, 2.75) is 11.8 Å². The zero-order valence-corrected chi connectivity index (χ0v) is 11.6. The molecule has 0 saturated carbocycles. The zero-order valence-electron chi connectivity index (χ0n) is 10.7. The van der Waals surface area contributed by atoms with E-state index in [2.05, 4.69) is 0 Å². The van der Waals surface area contributed by atoms with E-state index in [9.17, 15) is 13.2 Å². The number of aryl methyl sites for hydroxylation is 1. The minimum Gasteiger partial charge on any atom is -0.379 e. The molecule has 0 fully saturated rings. The molecular formula is C14H13NO4S. The third-order valence-electron chi connectivity index (χ3n) is 2.65. The van der Waals surface area contributed by atoms with Crippen molar-refractivity contribution >= 4 is 16.0 Å². The molecule has 0 atom stereocenters. The predicted octanol–water partition coefficient (Wildman–Crippen LogP) is 1.86. The molecule has 0 bridgehead atoms. The first-order valence-electron chi connectivity index (χ1n) is 5.79. The summed E-state index contributed by atoms with van der Waals surface area (Å²) in [5.74, 6) is -0.464. The molecule has 0 radical (unpaired) electrons. The van der Waals surface area contributed by atoms with Crippen LogP contribution in [0.3, 0.4) is 0 Å². The molecule has 0 aromatic heterocycles. The van der Waals surface area contributed by atoms with Crippen LogP contribution in [-0.2, 0) is 10.1 Å². The fourth-order valence-electron chi connectivity index (χ4n) is 1.55. The van der Waals surface area contributed by atoms with E-state index < -0.39 is 16.0 Å². The van der Waals surface area contributed by atoms with E-state index in [1.54, 1.807) is 12.1 Å². The highest BCUT2D eigenvalue weighted by atomic mass is 32.2. The molecule has 20 heavy (non-hydrogen) atoms. The summed E-state index contributed by atoms with van der Waals surface area (Å²) in [7, 11) is -3.88. The van der Waals surface area contributed by atoms with Crippen LogP contribution in [0.4, 0.5) is 0 Å². The molecule has 2 aromatic rings. The highest BCUT2D eigenvalue weighted by Crippen LogP contribution is 2.19. The van der Waals surface area contributed by atoms with Gasteiger partial charge in [0.15, 0.2) is 0 Å². The first-order valence-corrected chi connectivity index (χ1v) is 7.20. The number of benzene rings is 2. The van der Waals surface area contributed by atoms with Gasteiger partial charge in [-0.3, -0.25) is 4.79 Å². The lowest BCUT2D eigenvalue weighted by atomic mass is 10.2. The summed E-state index contributed by atoms with van der Waals surface area (Å²) in [6.45, 7) is 1.86. The second-order valence-corrected chi connectivity index (χ2v) is 5.79. The van der Waals surface area contributed by atoms with Crippen molar-refractivity contribution in [1.29, 1.82) is 0 Å². The summed E-state index contributed by atoms with van der Waals surface area (Å²) in [4.78, 5) is 11.0. The van der Waals surface area contributed by atoms with Crippen LogP contribution < -0.4 is 9.92 Å². The lowest BCUT2D eigenvalue weighted by Gasteiger charge is -2.07. The van der Waals surface area contributed by atoms with Crippen molar-refractivity contribution in [3.8, 4) is 5.75 Å². The molecule has 2 rings (SSSR count). The van der Waals surface area contributed by atoms with Crippen LogP contribution in [-0.4, -0.2) is 14.3 Å². The lowest BCUT2D eigenvalue weighted by molar-refractivity contribution is 0.100. The monoisotopic (exact) mass is 291 g/mol. The van der Waals surface area contributed by atoms with Gasteiger partial charge in [-0.15, -0.1) is 0 Å². The molecular weight excluding hydrogens is 278 g/mol. The predicted molar refractivity (Wildman–Crippen MR) is 74.0 cm³/mol. The molecule has 0 heterocycles.